The molecule has 0 saturated carbocycles. The summed E-state index contributed by atoms with van der Waals surface area (Å²) >= 11 is 0. The highest BCUT2D eigenvalue weighted by Gasteiger charge is 2.19. The predicted molar refractivity (Wildman–Crippen MR) is 83.1 cm³/mol. The van der Waals surface area contributed by atoms with Crippen LogP contribution in [0.15, 0.2) is 24.3 Å². The topological polar surface area (TPSA) is 32.3 Å². The quantitative estimate of drug-likeness (QED) is 0.784. The fraction of sp³-hybridized carbons (Fsp3) is 0.588. The number of piperidine rings is 1. The number of carbonyl (C=O) groups is 1. The highest BCUT2D eigenvalue weighted by Crippen LogP contribution is 2.16. The van der Waals surface area contributed by atoms with Crippen LogP contribution in [0.25, 0.3) is 0 Å². The lowest BCUT2D eigenvalue weighted by molar-refractivity contribution is 0.0969. The minimum atomic E-state index is -0.296. The molecule has 116 valence electrons. The Bertz CT molecular complexity index is 445. The standard InChI is InChI=1S/C17H25FN2O/c1-19-12-14-4-2-10-20(13-14)11-3-5-17(21)15-6-8-16(18)9-7-15/h6-9,14,19H,2-5,10-13H2,1H3. The van der Waals surface area contributed by atoms with Crippen molar-refractivity contribution in [1.82, 2.24) is 10.2 Å². The van der Waals surface area contributed by atoms with Gasteiger partial charge in [0.25, 0.3) is 0 Å². The summed E-state index contributed by atoms with van der Waals surface area (Å²) in [6, 6.07) is 5.84. The molecule has 0 amide bonds. The van der Waals surface area contributed by atoms with Crippen molar-refractivity contribution in [2.45, 2.75) is 25.7 Å². The average Bonchev–Trinajstić information content (AvgIpc) is 2.48. The summed E-state index contributed by atoms with van der Waals surface area (Å²) < 4.78 is 12.8. The van der Waals surface area contributed by atoms with Gasteiger partial charge in [-0.3, -0.25) is 4.79 Å². The van der Waals surface area contributed by atoms with E-state index < -0.39 is 0 Å². The van der Waals surface area contributed by atoms with Gasteiger partial charge in [-0.2, -0.15) is 0 Å². The first-order chi connectivity index (χ1) is 10.2. The molecule has 1 aliphatic heterocycles. The van der Waals surface area contributed by atoms with E-state index in [1.807, 2.05) is 7.05 Å². The summed E-state index contributed by atoms with van der Waals surface area (Å²) in [7, 11) is 2.00. The van der Waals surface area contributed by atoms with E-state index in [9.17, 15) is 9.18 Å². The Labute approximate surface area is 126 Å². The van der Waals surface area contributed by atoms with E-state index in [1.165, 1.54) is 25.0 Å². The molecule has 3 nitrogen and oxygen atoms in total. The molecule has 0 radical (unpaired) electrons. The van der Waals surface area contributed by atoms with Gasteiger partial charge in [-0.25, -0.2) is 4.39 Å². The molecule has 2 rings (SSSR count). The first-order valence-corrected chi connectivity index (χ1v) is 7.85. The van der Waals surface area contributed by atoms with Crippen molar-refractivity contribution in [3.63, 3.8) is 0 Å². The number of hydrogen-bond acceptors (Lipinski definition) is 3. The number of halogens is 1. The van der Waals surface area contributed by atoms with Gasteiger partial charge in [-0.15, -0.1) is 0 Å². The number of ketones is 1. The normalized spacial score (nSPS) is 19.6. The highest BCUT2D eigenvalue weighted by atomic mass is 19.1. The summed E-state index contributed by atoms with van der Waals surface area (Å²) in [5, 5.41) is 3.25. The van der Waals surface area contributed by atoms with Gasteiger partial charge in [0.1, 0.15) is 5.82 Å². The lowest BCUT2D eigenvalue weighted by atomic mass is 9.97. The van der Waals surface area contributed by atoms with Crippen molar-refractivity contribution in [3.05, 3.63) is 35.6 Å². The van der Waals surface area contributed by atoms with Crippen LogP contribution >= 0.6 is 0 Å². The molecule has 1 fully saturated rings. The van der Waals surface area contributed by atoms with Crippen LogP contribution in [0.1, 0.15) is 36.0 Å². The largest absolute Gasteiger partial charge is 0.319 e. The van der Waals surface area contributed by atoms with Gasteiger partial charge in [-0.05, 0) is 76.1 Å². The van der Waals surface area contributed by atoms with Crippen LogP contribution in [0, 0.1) is 11.7 Å². The number of hydrogen-bond donors (Lipinski definition) is 1. The van der Waals surface area contributed by atoms with E-state index in [0.717, 1.165) is 38.5 Å². The molecular formula is C17H25FN2O. The zero-order valence-corrected chi connectivity index (χ0v) is 12.8. The Kier molecular flexibility index (Phi) is 6.33. The lowest BCUT2D eigenvalue weighted by Gasteiger charge is -2.32. The molecule has 1 unspecified atom stereocenters. The number of benzene rings is 1. The van der Waals surface area contributed by atoms with Crippen molar-refractivity contribution in [2.75, 3.05) is 33.2 Å². The van der Waals surface area contributed by atoms with E-state index in [1.54, 1.807) is 12.1 Å². The molecule has 0 bridgehead atoms. The van der Waals surface area contributed by atoms with Crippen LogP contribution in [0.4, 0.5) is 4.39 Å². The number of likely N-dealkylation sites (tertiary alicyclic amines) is 1. The Balaban J connectivity index is 1.71. The molecular weight excluding hydrogens is 267 g/mol. The van der Waals surface area contributed by atoms with Gasteiger partial charge >= 0.3 is 0 Å². The van der Waals surface area contributed by atoms with Crippen molar-refractivity contribution in [1.29, 1.82) is 0 Å². The van der Waals surface area contributed by atoms with Crippen LogP contribution in [-0.2, 0) is 0 Å². The molecule has 21 heavy (non-hydrogen) atoms. The Morgan fingerprint density at radius 3 is 2.86 bits per heavy atom. The third-order valence-corrected chi connectivity index (χ3v) is 4.14. The van der Waals surface area contributed by atoms with E-state index in [4.69, 9.17) is 0 Å². The second-order valence-electron chi connectivity index (χ2n) is 5.90. The van der Waals surface area contributed by atoms with Gasteiger partial charge in [-0.1, -0.05) is 0 Å². The smallest absolute Gasteiger partial charge is 0.162 e. The minimum absolute atomic E-state index is 0.110. The third kappa shape index (κ3) is 5.21. The van der Waals surface area contributed by atoms with Gasteiger partial charge in [0, 0.05) is 18.5 Å². The number of rotatable bonds is 7. The van der Waals surface area contributed by atoms with Crippen LogP contribution in [-0.4, -0.2) is 43.9 Å². The SMILES string of the molecule is CNCC1CCCN(CCCC(=O)c2ccc(F)cc2)C1. The monoisotopic (exact) mass is 292 g/mol. The van der Waals surface area contributed by atoms with Crippen molar-refractivity contribution in [2.24, 2.45) is 5.92 Å². The molecule has 1 atom stereocenters. The average molecular weight is 292 g/mol. The van der Waals surface area contributed by atoms with Gasteiger partial charge in [0.05, 0.1) is 0 Å². The first-order valence-electron chi connectivity index (χ1n) is 7.85. The van der Waals surface area contributed by atoms with Crippen molar-refractivity contribution >= 4 is 5.78 Å². The summed E-state index contributed by atoms with van der Waals surface area (Å²) in [6.07, 6.45) is 3.96. The molecule has 4 heteroatoms. The summed E-state index contributed by atoms with van der Waals surface area (Å²) in [6.45, 7) is 4.33. The number of nitrogens with one attached hydrogen (secondary N) is 1. The van der Waals surface area contributed by atoms with E-state index in [-0.39, 0.29) is 11.6 Å². The molecule has 1 saturated heterocycles. The maximum Gasteiger partial charge on any atom is 0.162 e. The second-order valence-corrected chi connectivity index (χ2v) is 5.90. The predicted octanol–water partition coefficient (Wildman–Crippen LogP) is 2.72. The van der Waals surface area contributed by atoms with E-state index >= 15 is 0 Å². The number of Topliss-reactive ketones (excluding diaryl/α,β-unsaturated/α-hetero) is 1. The van der Waals surface area contributed by atoms with Crippen LogP contribution in [0.2, 0.25) is 0 Å². The maximum atomic E-state index is 12.8. The second kappa shape index (κ2) is 8.25. The molecule has 1 aliphatic rings. The van der Waals surface area contributed by atoms with Gasteiger partial charge in [0.15, 0.2) is 5.78 Å². The Hall–Kier alpha value is -1.26. The minimum Gasteiger partial charge on any atom is -0.319 e. The first kappa shape index (κ1) is 16.1. The molecule has 1 heterocycles. The van der Waals surface area contributed by atoms with E-state index in [0.29, 0.717) is 12.0 Å². The number of carbonyl (C=O) groups excluding carboxylic acids is 1. The molecule has 0 aromatic heterocycles. The van der Waals surface area contributed by atoms with Gasteiger partial charge < -0.3 is 10.2 Å². The van der Waals surface area contributed by atoms with Crippen LogP contribution in [0.5, 0.6) is 0 Å². The summed E-state index contributed by atoms with van der Waals surface area (Å²) in [5.74, 6) is 0.547. The third-order valence-electron chi connectivity index (χ3n) is 4.14. The van der Waals surface area contributed by atoms with Crippen LogP contribution < -0.4 is 5.32 Å². The summed E-state index contributed by atoms with van der Waals surface area (Å²) in [4.78, 5) is 14.5. The molecule has 0 spiro atoms. The summed E-state index contributed by atoms with van der Waals surface area (Å²) in [5.41, 5.74) is 0.614. The van der Waals surface area contributed by atoms with Gasteiger partial charge in [0.2, 0.25) is 0 Å². The van der Waals surface area contributed by atoms with Crippen molar-refractivity contribution < 1.29 is 9.18 Å². The maximum absolute atomic E-state index is 12.8. The van der Waals surface area contributed by atoms with E-state index in [2.05, 4.69) is 10.2 Å². The zero-order valence-electron chi connectivity index (χ0n) is 12.8. The fourth-order valence-corrected chi connectivity index (χ4v) is 3.05. The lowest BCUT2D eigenvalue weighted by Crippen LogP contribution is -2.39. The fourth-order valence-electron chi connectivity index (χ4n) is 3.05. The molecule has 1 aromatic rings. The zero-order chi connectivity index (χ0) is 15.1. The Morgan fingerprint density at radius 1 is 1.38 bits per heavy atom. The number of nitrogens with zero attached hydrogens (tertiary/aromatic N) is 1. The molecule has 1 N–H and O–H groups in total. The Morgan fingerprint density at radius 2 is 2.14 bits per heavy atom. The van der Waals surface area contributed by atoms with Crippen molar-refractivity contribution in [3.8, 4) is 0 Å². The molecule has 0 aliphatic carbocycles. The highest BCUT2D eigenvalue weighted by molar-refractivity contribution is 5.95. The van der Waals surface area contributed by atoms with Crippen LogP contribution in [0.3, 0.4) is 0 Å². The molecule has 1 aromatic carbocycles.